The SMILES string of the molecule is Cc1cccc(C(=O)Nc2cc3cn(C4CCN(CCCC5CCNCC5)CC4)nc3cc2C(C)(C)O)n1. The van der Waals surface area contributed by atoms with E-state index in [1.165, 1.54) is 45.3 Å². The number of nitrogens with one attached hydrogen (secondary N) is 2. The van der Waals surface area contributed by atoms with Crippen LogP contribution in [0.3, 0.4) is 0 Å². The molecule has 1 aromatic carbocycles. The van der Waals surface area contributed by atoms with Crippen LogP contribution in [0.15, 0.2) is 36.5 Å². The van der Waals surface area contributed by atoms with Crippen LogP contribution in [-0.2, 0) is 5.60 Å². The molecule has 8 heteroatoms. The van der Waals surface area contributed by atoms with E-state index in [1.54, 1.807) is 19.9 Å². The van der Waals surface area contributed by atoms with Gasteiger partial charge in [0.1, 0.15) is 5.69 Å². The molecule has 3 N–H and O–H groups in total. The number of amides is 1. The Morgan fingerprint density at radius 2 is 1.92 bits per heavy atom. The first-order chi connectivity index (χ1) is 18.3. The minimum Gasteiger partial charge on any atom is -0.386 e. The van der Waals surface area contributed by atoms with Crippen molar-refractivity contribution in [3.63, 3.8) is 0 Å². The molecule has 0 aliphatic carbocycles. The van der Waals surface area contributed by atoms with Gasteiger partial charge in [-0.15, -0.1) is 0 Å². The summed E-state index contributed by atoms with van der Waals surface area (Å²) >= 11 is 0. The van der Waals surface area contributed by atoms with Crippen molar-refractivity contribution in [3.05, 3.63) is 53.5 Å². The molecular weight excluding hydrogens is 476 g/mol. The summed E-state index contributed by atoms with van der Waals surface area (Å²) in [5.74, 6) is 0.611. The Labute approximate surface area is 225 Å². The molecule has 2 fully saturated rings. The molecule has 2 aliphatic rings. The van der Waals surface area contributed by atoms with E-state index < -0.39 is 5.60 Å². The van der Waals surface area contributed by atoms with Gasteiger partial charge in [-0.1, -0.05) is 6.07 Å². The average molecular weight is 519 g/mol. The van der Waals surface area contributed by atoms with E-state index in [9.17, 15) is 9.90 Å². The van der Waals surface area contributed by atoms with Crippen molar-refractivity contribution in [2.24, 2.45) is 5.92 Å². The van der Waals surface area contributed by atoms with E-state index in [4.69, 9.17) is 5.10 Å². The van der Waals surface area contributed by atoms with Gasteiger partial charge in [0.05, 0.1) is 17.2 Å². The molecule has 0 atom stereocenters. The van der Waals surface area contributed by atoms with Gasteiger partial charge in [-0.3, -0.25) is 9.48 Å². The lowest BCUT2D eigenvalue weighted by Gasteiger charge is -2.32. The third-order valence-electron chi connectivity index (χ3n) is 8.17. The lowest BCUT2D eigenvalue weighted by molar-refractivity contribution is 0.0793. The van der Waals surface area contributed by atoms with Crippen LogP contribution in [0.1, 0.15) is 80.2 Å². The number of rotatable bonds is 8. The van der Waals surface area contributed by atoms with Gasteiger partial charge in [0.2, 0.25) is 0 Å². The van der Waals surface area contributed by atoms with Crippen LogP contribution in [0, 0.1) is 12.8 Å². The van der Waals surface area contributed by atoms with Gasteiger partial charge in [-0.25, -0.2) is 4.98 Å². The molecule has 2 saturated heterocycles. The Kier molecular flexibility index (Phi) is 8.12. The smallest absolute Gasteiger partial charge is 0.274 e. The maximum Gasteiger partial charge on any atom is 0.274 e. The third-order valence-corrected chi connectivity index (χ3v) is 8.17. The summed E-state index contributed by atoms with van der Waals surface area (Å²) in [4.78, 5) is 19.9. The van der Waals surface area contributed by atoms with E-state index in [2.05, 4.69) is 31.4 Å². The number of fused-ring (bicyclic) bond motifs is 1. The summed E-state index contributed by atoms with van der Waals surface area (Å²) in [7, 11) is 0. The van der Waals surface area contributed by atoms with Crippen LogP contribution in [0.5, 0.6) is 0 Å². The monoisotopic (exact) mass is 518 g/mol. The van der Waals surface area contributed by atoms with E-state index in [1.807, 2.05) is 31.2 Å². The predicted octanol–water partition coefficient (Wildman–Crippen LogP) is 4.64. The fourth-order valence-electron chi connectivity index (χ4n) is 5.92. The normalized spacial score (nSPS) is 18.2. The number of benzene rings is 1. The largest absolute Gasteiger partial charge is 0.386 e. The van der Waals surface area contributed by atoms with Crippen LogP contribution in [0.25, 0.3) is 10.9 Å². The second-order valence-electron chi connectivity index (χ2n) is 11.7. The molecule has 38 heavy (non-hydrogen) atoms. The number of hydrogen-bond donors (Lipinski definition) is 3. The van der Waals surface area contributed by atoms with Crippen LogP contribution in [-0.4, -0.2) is 63.4 Å². The summed E-state index contributed by atoms with van der Waals surface area (Å²) in [6.45, 7) is 11.1. The predicted molar refractivity (Wildman–Crippen MR) is 151 cm³/mol. The molecule has 3 aromatic rings. The van der Waals surface area contributed by atoms with Crippen LogP contribution in [0.4, 0.5) is 5.69 Å². The molecule has 0 unspecified atom stereocenters. The Morgan fingerprint density at radius 3 is 2.63 bits per heavy atom. The van der Waals surface area contributed by atoms with E-state index in [-0.39, 0.29) is 5.91 Å². The number of aryl methyl sites for hydroxylation is 1. The number of hydrogen-bond acceptors (Lipinski definition) is 6. The number of anilines is 1. The Balaban J connectivity index is 1.25. The fraction of sp³-hybridized carbons (Fsp3) is 0.567. The maximum absolute atomic E-state index is 12.9. The maximum atomic E-state index is 12.9. The summed E-state index contributed by atoms with van der Waals surface area (Å²) in [6.07, 6.45) is 9.57. The zero-order valence-electron chi connectivity index (χ0n) is 23.0. The number of likely N-dealkylation sites (tertiary alicyclic amines) is 1. The van der Waals surface area contributed by atoms with Crippen molar-refractivity contribution in [3.8, 4) is 0 Å². The number of aromatic nitrogens is 3. The number of piperidine rings is 2. The lowest BCUT2D eigenvalue weighted by atomic mass is 9.93. The van der Waals surface area contributed by atoms with Gasteiger partial charge >= 0.3 is 0 Å². The summed E-state index contributed by atoms with van der Waals surface area (Å²) in [5, 5.41) is 23.2. The number of carbonyl (C=O) groups excluding carboxylic acids is 1. The van der Waals surface area contributed by atoms with Gasteiger partial charge in [-0.05, 0) is 109 Å². The molecule has 0 radical (unpaired) electrons. The van der Waals surface area contributed by atoms with Gasteiger partial charge in [0.25, 0.3) is 5.91 Å². The zero-order valence-corrected chi connectivity index (χ0v) is 23.0. The molecule has 204 valence electrons. The first-order valence-corrected chi connectivity index (χ1v) is 14.2. The van der Waals surface area contributed by atoms with Crippen molar-refractivity contribution in [2.75, 3.05) is 38.0 Å². The van der Waals surface area contributed by atoms with Gasteiger partial charge in [-0.2, -0.15) is 5.10 Å². The quantitative estimate of drug-likeness (QED) is 0.402. The minimum atomic E-state index is -1.14. The molecule has 0 spiro atoms. The highest BCUT2D eigenvalue weighted by Gasteiger charge is 2.26. The molecule has 0 saturated carbocycles. The molecular formula is C30H42N6O2. The molecule has 5 rings (SSSR count). The van der Waals surface area contributed by atoms with Crippen molar-refractivity contribution < 1.29 is 9.90 Å². The molecule has 0 bridgehead atoms. The topological polar surface area (TPSA) is 95.3 Å². The summed E-state index contributed by atoms with van der Waals surface area (Å²) in [5.41, 5.74) is 2.05. The molecule has 4 heterocycles. The van der Waals surface area contributed by atoms with Crippen molar-refractivity contribution >= 4 is 22.5 Å². The van der Waals surface area contributed by atoms with Crippen molar-refractivity contribution in [1.82, 2.24) is 25.0 Å². The first kappa shape index (κ1) is 26.8. The van der Waals surface area contributed by atoms with Gasteiger partial charge in [0, 0.05) is 41.6 Å². The van der Waals surface area contributed by atoms with Crippen LogP contribution in [0.2, 0.25) is 0 Å². The number of pyridine rings is 1. The Morgan fingerprint density at radius 1 is 1.16 bits per heavy atom. The van der Waals surface area contributed by atoms with Crippen molar-refractivity contribution in [1.29, 1.82) is 0 Å². The fourth-order valence-corrected chi connectivity index (χ4v) is 5.92. The first-order valence-electron chi connectivity index (χ1n) is 14.2. The third kappa shape index (κ3) is 6.42. The standard InChI is InChI=1S/C30H42N6O2/c1-21-6-4-8-26(32-21)29(37)33-28-18-23-20-36(34-27(23)19-25(28)30(2,3)38)24-11-16-35(17-12-24)15-5-7-22-9-13-31-14-10-22/h4,6,8,18-20,22,24,31,38H,5,7,9-17H2,1-3H3,(H,33,37). The number of aliphatic hydroxyl groups is 1. The average Bonchev–Trinajstić information content (AvgIpc) is 3.32. The Hall–Kier alpha value is -2.81. The Bertz CT molecular complexity index is 1250. The van der Waals surface area contributed by atoms with Crippen molar-refractivity contribution in [2.45, 2.75) is 70.9 Å². The molecule has 2 aliphatic heterocycles. The highest BCUT2D eigenvalue weighted by molar-refractivity contribution is 6.04. The van der Waals surface area contributed by atoms with E-state index in [0.29, 0.717) is 23.0 Å². The van der Waals surface area contributed by atoms with Gasteiger partial charge < -0.3 is 20.6 Å². The van der Waals surface area contributed by atoms with Crippen LogP contribution < -0.4 is 10.6 Å². The molecule has 8 nitrogen and oxygen atoms in total. The minimum absolute atomic E-state index is 0.293. The molecule has 2 aromatic heterocycles. The van der Waals surface area contributed by atoms with Gasteiger partial charge in [0.15, 0.2) is 0 Å². The van der Waals surface area contributed by atoms with E-state index >= 15 is 0 Å². The number of carbonyl (C=O) groups is 1. The highest BCUT2D eigenvalue weighted by Crippen LogP contribution is 2.33. The summed E-state index contributed by atoms with van der Waals surface area (Å²) in [6, 6.07) is 9.57. The lowest BCUT2D eigenvalue weighted by Crippen LogP contribution is -2.35. The molecule has 1 amide bonds. The second-order valence-corrected chi connectivity index (χ2v) is 11.7. The van der Waals surface area contributed by atoms with E-state index in [0.717, 1.165) is 48.4 Å². The number of nitrogens with zero attached hydrogens (tertiary/aromatic N) is 4. The van der Waals surface area contributed by atoms with Crippen LogP contribution >= 0.6 is 0 Å². The summed E-state index contributed by atoms with van der Waals surface area (Å²) < 4.78 is 2.10. The second kappa shape index (κ2) is 11.5. The zero-order chi connectivity index (χ0) is 26.7. The highest BCUT2D eigenvalue weighted by atomic mass is 16.3.